The van der Waals surface area contributed by atoms with E-state index < -0.39 is 0 Å². The van der Waals surface area contributed by atoms with Crippen LogP contribution in [0.4, 0.5) is 5.82 Å². The molecule has 0 aromatic carbocycles. The fourth-order valence-corrected chi connectivity index (χ4v) is 1.68. The standard InChI is InChI=1S/C10H15N3O2/c1-14-7-9-6-13(4-5-15-9)10-2-3-11-8-12-10/h2-3,8-9H,4-7H2,1H3. The van der Waals surface area contributed by atoms with Crippen LogP contribution in [0.5, 0.6) is 0 Å². The molecule has 0 amide bonds. The summed E-state index contributed by atoms with van der Waals surface area (Å²) in [6, 6.07) is 1.91. The van der Waals surface area contributed by atoms with Gasteiger partial charge in [-0.05, 0) is 6.07 Å². The van der Waals surface area contributed by atoms with Crippen molar-refractivity contribution in [3.63, 3.8) is 0 Å². The molecule has 0 radical (unpaired) electrons. The van der Waals surface area contributed by atoms with Gasteiger partial charge < -0.3 is 14.4 Å². The highest BCUT2D eigenvalue weighted by Crippen LogP contribution is 2.13. The second-order valence-corrected chi connectivity index (χ2v) is 3.46. The Hall–Kier alpha value is -1.20. The Morgan fingerprint density at radius 3 is 3.33 bits per heavy atom. The van der Waals surface area contributed by atoms with Crippen molar-refractivity contribution < 1.29 is 9.47 Å². The fraction of sp³-hybridized carbons (Fsp3) is 0.600. The quantitative estimate of drug-likeness (QED) is 0.718. The van der Waals surface area contributed by atoms with Gasteiger partial charge in [0.2, 0.25) is 0 Å². The van der Waals surface area contributed by atoms with Gasteiger partial charge in [-0.25, -0.2) is 9.97 Å². The monoisotopic (exact) mass is 209 g/mol. The van der Waals surface area contributed by atoms with Crippen molar-refractivity contribution in [2.45, 2.75) is 6.10 Å². The molecule has 2 rings (SSSR count). The molecular weight excluding hydrogens is 194 g/mol. The number of hydrogen-bond donors (Lipinski definition) is 0. The van der Waals surface area contributed by atoms with Crippen LogP contribution in [0.3, 0.4) is 0 Å². The molecule has 82 valence electrons. The van der Waals surface area contributed by atoms with Crippen molar-refractivity contribution >= 4 is 5.82 Å². The minimum absolute atomic E-state index is 0.138. The number of morpholine rings is 1. The van der Waals surface area contributed by atoms with Gasteiger partial charge in [-0.3, -0.25) is 0 Å². The Kier molecular flexibility index (Phi) is 3.47. The van der Waals surface area contributed by atoms with Gasteiger partial charge in [0, 0.05) is 26.4 Å². The second kappa shape index (κ2) is 5.04. The molecule has 1 aromatic heterocycles. The van der Waals surface area contributed by atoms with Gasteiger partial charge in [-0.15, -0.1) is 0 Å². The molecule has 1 aliphatic rings. The van der Waals surface area contributed by atoms with E-state index in [1.807, 2.05) is 6.07 Å². The first-order valence-electron chi connectivity index (χ1n) is 5.01. The first-order chi connectivity index (χ1) is 7.40. The van der Waals surface area contributed by atoms with Crippen LogP contribution >= 0.6 is 0 Å². The van der Waals surface area contributed by atoms with Crippen molar-refractivity contribution in [2.75, 3.05) is 38.3 Å². The van der Waals surface area contributed by atoms with E-state index >= 15 is 0 Å². The minimum atomic E-state index is 0.138. The van der Waals surface area contributed by atoms with E-state index in [9.17, 15) is 0 Å². The highest BCUT2D eigenvalue weighted by atomic mass is 16.5. The predicted octanol–water partition coefficient (Wildman–Crippen LogP) is 0.328. The summed E-state index contributed by atoms with van der Waals surface area (Å²) in [6.07, 6.45) is 3.46. The van der Waals surface area contributed by atoms with Gasteiger partial charge in [0.15, 0.2) is 0 Å². The Bertz CT molecular complexity index is 292. The predicted molar refractivity (Wildman–Crippen MR) is 55.9 cm³/mol. The van der Waals surface area contributed by atoms with Gasteiger partial charge in [0.05, 0.1) is 19.3 Å². The van der Waals surface area contributed by atoms with Gasteiger partial charge in [0.25, 0.3) is 0 Å². The summed E-state index contributed by atoms with van der Waals surface area (Å²) < 4.78 is 10.6. The van der Waals surface area contributed by atoms with Crippen LogP contribution in [-0.2, 0) is 9.47 Å². The molecule has 1 aromatic rings. The van der Waals surface area contributed by atoms with Crippen molar-refractivity contribution in [3.8, 4) is 0 Å². The lowest BCUT2D eigenvalue weighted by molar-refractivity contribution is -0.0102. The molecule has 1 saturated heterocycles. The highest BCUT2D eigenvalue weighted by Gasteiger charge is 2.20. The Balaban J connectivity index is 1.98. The summed E-state index contributed by atoms with van der Waals surface area (Å²) in [4.78, 5) is 10.3. The molecule has 0 spiro atoms. The summed E-state index contributed by atoms with van der Waals surface area (Å²) >= 11 is 0. The van der Waals surface area contributed by atoms with E-state index in [1.54, 1.807) is 19.6 Å². The maximum Gasteiger partial charge on any atom is 0.132 e. The average Bonchev–Trinajstić information content (AvgIpc) is 2.31. The van der Waals surface area contributed by atoms with Crippen molar-refractivity contribution in [1.82, 2.24) is 9.97 Å². The average molecular weight is 209 g/mol. The lowest BCUT2D eigenvalue weighted by Crippen LogP contribution is -2.44. The van der Waals surface area contributed by atoms with Crippen LogP contribution in [0.2, 0.25) is 0 Å². The van der Waals surface area contributed by atoms with Crippen LogP contribution in [0, 0.1) is 0 Å². The van der Waals surface area contributed by atoms with E-state index in [0.717, 1.165) is 25.5 Å². The molecule has 0 saturated carbocycles. The molecule has 1 atom stereocenters. The van der Waals surface area contributed by atoms with Gasteiger partial charge in [-0.1, -0.05) is 0 Å². The molecule has 5 nitrogen and oxygen atoms in total. The molecule has 2 heterocycles. The van der Waals surface area contributed by atoms with Crippen molar-refractivity contribution in [2.24, 2.45) is 0 Å². The van der Waals surface area contributed by atoms with Crippen LogP contribution in [0.15, 0.2) is 18.6 Å². The number of aromatic nitrogens is 2. The van der Waals surface area contributed by atoms with Gasteiger partial charge >= 0.3 is 0 Å². The highest BCUT2D eigenvalue weighted by molar-refractivity contribution is 5.36. The summed E-state index contributed by atoms with van der Waals surface area (Å²) in [7, 11) is 1.69. The van der Waals surface area contributed by atoms with E-state index in [1.165, 1.54) is 0 Å². The van der Waals surface area contributed by atoms with Crippen molar-refractivity contribution in [3.05, 3.63) is 18.6 Å². The van der Waals surface area contributed by atoms with E-state index in [2.05, 4.69) is 14.9 Å². The topological polar surface area (TPSA) is 47.5 Å². The normalized spacial score (nSPS) is 21.7. The maximum absolute atomic E-state index is 5.56. The molecule has 15 heavy (non-hydrogen) atoms. The van der Waals surface area contributed by atoms with Crippen LogP contribution in [0.1, 0.15) is 0 Å². The van der Waals surface area contributed by atoms with Crippen LogP contribution in [-0.4, -0.2) is 49.5 Å². The lowest BCUT2D eigenvalue weighted by atomic mass is 10.3. The molecule has 0 bridgehead atoms. The Morgan fingerprint density at radius 1 is 1.67 bits per heavy atom. The molecule has 1 aliphatic heterocycles. The number of rotatable bonds is 3. The van der Waals surface area contributed by atoms with Gasteiger partial charge in [0.1, 0.15) is 12.1 Å². The number of anilines is 1. The summed E-state index contributed by atoms with van der Waals surface area (Å²) in [5.74, 6) is 0.953. The largest absolute Gasteiger partial charge is 0.382 e. The number of ether oxygens (including phenoxy) is 2. The number of methoxy groups -OCH3 is 1. The third-order valence-corrected chi connectivity index (χ3v) is 2.38. The van der Waals surface area contributed by atoms with E-state index in [4.69, 9.17) is 9.47 Å². The zero-order chi connectivity index (χ0) is 10.5. The molecule has 1 unspecified atom stereocenters. The maximum atomic E-state index is 5.56. The molecular formula is C10H15N3O2. The smallest absolute Gasteiger partial charge is 0.132 e. The second-order valence-electron chi connectivity index (χ2n) is 3.46. The lowest BCUT2D eigenvalue weighted by Gasteiger charge is -2.33. The van der Waals surface area contributed by atoms with Crippen LogP contribution in [0.25, 0.3) is 0 Å². The third kappa shape index (κ3) is 2.64. The summed E-state index contributed by atoms with van der Waals surface area (Å²) in [5, 5.41) is 0. The fourth-order valence-electron chi connectivity index (χ4n) is 1.68. The molecule has 0 aliphatic carbocycles. The molecule has 1 fully saturated rings. The summed E-state index contributed by atoms with van der Waals surface area (Å²) in [6.45, 7) is 3.04. The first kappa shape index (κ1) is 10.3. The SMILES string of the molecule is COCC1CN(c2ccncn2)CCO1. The van der Waals surface area contributed by atoms with E-state index in [0.29, 0.717) is 6.61 Å². The van der Waals surface area contributed by atoms with E-state index in [-0.39, 0.29) is 6.10 Å². The number of nitrogens with zero attached hydrogens (tertiary/aromatic N) is 3. The third-order valence-electron chi connectivity index (χ3n) is 2.38. The zero-order valence-electron chi connectivity index (χ0n) is 8.80. The summed E-state index contributed by atoms with van der Waals surface area (Å²) in [5.41, 5.74) is 0. The number of hydrogen-bond acceptors (Lipinski definition) is 5. The Labute approximate surface area is 89.0 Å². The zero-order valence-corrected chi connectivity index (χ0v) is 8.80. The van der Waals surface area contributed by atoms with Crippen molar-refractivity contribution in [1.29, 1.82) is 0 Å². The molecule has 5 heteroatoms. The van der Waals surface area contributed by atoms with Crippen LogP contribution < -0.4 is 4.90 Å². The Morgan fingerprint density at radius 2 is 2.60 bits per heavy atom. The minimum Gasteiger partial charge on any atom is -0.382 e. The first-order valence-corrected chi connectivity index (χ1v) is 5.01. The molecule has 0 N–H and O–H groups in total. The van der Waals surface area contributed by atoms with Gasteiger partial charge in [-0.2, -0.15) is 0 Å².